The van der Waals surface area contributed by atoms with E-state index in [4.69, 9.17) is 21.4 Å². The molecule has 180 valence electrons. The highest BCUT2D eigenvalue weighted by atomic mass is 35.5. The lowest BCUT2D eigenvalue weighted by Gasteiger charge is -2.23. The van der Waals surface area contributed by atoms with E-state index in [-0.39, 0.29) is 36.4 Å². The van der Waals surface area contributed by atoms with Crippen LogP contribution in [-0.2, 0) is 9.53 Å². The average molecular weight is 467 g/mol. The number of halogens is 1. The van der Waals surface area contributed by atoms with Gasteiger partial charge in [-0.05, 0) is 49.1 Å². The number of carbonyl (C=O) groups excluding carboxylic acids is 1. The standard InChI is InChI=1S/C26H39ClO5/c1-2-3-6-10-23(29)19-12-14-20(15-13-19)26-21(22(27)18-24(26)30)9-7-4-5-8-11-25(31)32-17-16-28/h4,7,12-15,21-24,26,28-30H,2-3,5-6,8-11,16-18H2,1H3/b7-4-/t21-,22+,23-,24+,26+/m0/s1. The lowest BCUT2D eigenvalue weighted by atomic mass is 9.84. The van der Waals surface area contributed by atoms with Crippen molar-refractivity contribution >= 4 is 17.6 Å². The first-order valence-corrected chi connectivity index (χ1v) is 12.4. The Morgan fingerprint density at radius 1 is 1.22 bits per heavy atom. The van der Waals surface area contributed by atoms with Gasteiger partial charge >= 0.3 is 5.97 Å². The molecule has 1 aliphatic carbocycles. The summed E-state index contributed by atoms with van der Waals surface area (Å²) in [5, 5.41) is 29.6. The summed E-state index contributed by atoms with van der Waals surface area (Å²) in [7, 11) is 0. The maximum atomic E-state index is 11.4. The van der Waals surface area contributed by atoms with Crippen LogP contribution in [0.5, 0.6) is 0 Å². The molecule has 6 heteroatoms. The van der Waals surface area contributed by atoms with Crippen molar-refractivity contribution in [3.8, 4) is 0 Å². The summed E-state index contributed by atoms with van der Waals surface area (Å²) in [6.45, 7) is 2.05. The number of esters is 1. The summed E-state index contributed by atoms with van der Waals surface area (Å²) in [6.07, 6.45) is 10.4. The number of benzene rings is 1. The highest BCUT2D eigenvalue weighted by Gasteiger charge is 2.41. The van der Waals surface area contributed by atoms with Gasteiger partial charge in [0.05, 0.1) is 18.8 Å². The highest BCUT2D eigenvalue weighted by Crippen LogP contribution is 2.45. The van der Waals surface area contributed by atoms with Gasteiger partial charge in [-0.3, -0.25) is 4.79 Å². The van der Waals surface area contributed by atoms with E-state index >= 15 is 0 Å². The number of allylic oxidation sites excluding steroid dienone is 2. The van der Waals surface area contributed by atoms with Crippen molar-refractivity contribution in [3.05, 3.63) is 47.5 Å². The van der Waals surface area contributed by atoms with E-state index in [0.717, 1.165) is 49.7 Å². The van der Waals surface area contributed by atoms with Gasteiger partial charge in [0, 0.05) is 17.7 Å². The summed E-state index contributed by atoms with van der Waals surface area (Å²) in [4.78, 5) is 11.4. The van der Waals surface area contributed by atoms with Gasteiger partial charge in [0.2, 0.25) is 0 Å². The number of aliphatic hydroxyl groups is 3. The van der Waals surface area contributed by atoms with Crippen molar-refractivity contribution in [2.45, 2.75) is 88.2 Å². The first kappa shape index (κ1) is 26.8. The van der Waals surface area contributed by atoms with Crippen molar-refractivity contribution in [2.24, 2.45) is 5.92 Å². The van der Waals surface area contributed by atoms with Crippen molar-refractivity contribution in [1.82, 2.24) is 0 Å². The fraction of sp³-hybridized carbons (Fsp3) is 0.654. The molecule has 1 aromatic carbocycles. The molecule has 0 aromatic heterocycles. The van der Waals surface area contributed by atoms with Gasteiger partial charge in [0.15, 0.2) is 0 Å². The SMILES string of the molecule is CCCCC[C@H](O)c1ccc([C@@H]2[C@@H](C/C=C\CCCC(=O)OCCO)[C@H](Cl)C[C@H]2O)cc1. The van der Waals surface area contributed by atoms with Crippen LogP contribution in [0.3, 0.4) is 0 Å². The predicted molar refractivity (Wildman–Crippen MR) is 128 cm³/mol. The normalized spacial score (nSPS) is 24.2. The Hall–Kier alpha value is -1.40. The zero-order chi connectivity index (χ0) is 23.3. The van der Waals surface area contributed by atoms with E-state index in [0.29, 0.717) is 19.3 Å². The second kappa shape index (κ2) is 14.7. The van der Waals surface area contributed by atoms with E-state index in [1.165, 1.54) is 0 Å². The largest absolute Gasteiger partial charge is 0.463 e. The molecule has 0 bridgehead atoms. The van der Waals surface area contributed by atoms with Crippen molar-refractivity contribution in [1.29, 1.82) is 0 Å². The minimum absolute atomic E-state index is 0.0260. The van der Waals surface area contributed by atoms with Gasteiger partial charge in [-0.1, -0.05) is 62.6 Å². The molecule has 1 aliphatic rings. The third-order valence-electron chi connectivity index (χ3n) is 6.28. The molecule has 0 heterocycles. The molecule has 2 rings (SSSR count). The summed E-state index contributed by atoms with van der Waals surface area (Å²) in [5.41, 5.74) is 1.99. The van der Waals surface area contributed by atoms with E-state index in [2.05, 4.69) is 19.1 Å². The van der Waals surface area contributed by atoms with E-state index < -0.39 is 12.2 Å². The second-order valence-corrected chi connectivity index (χ2v) is 9.29. The molecule has 0 amide bonds. The first-order valence-electron chi connectivity index (χ1n) is 12.0. The number of carbonyl (C=O) groups is 1. The Kier molecular flexibility index (Phi) is 12.3. The van der Waals surface area contributed by atoms with Crippen LogP contribution < -0.4 is 0 Å². The Labute approximate surface area is 197 Å². The maximum absolute atomic E-state index is 11.4. The molecule has 1 saturated carbocycles. The third-order valence-corrected chi connectivity index (χ3v) is 6.78. The molecule has 0 saturated heterocycles. The van der Waals surface area contributed by atoms with Crippen LogP contribution in [0.2, 0.25) is 0 Å². The van der Waals surface area contributed by atoms with Gasteiger partial charge in [0.25, 0.3) is 0 Å². The van der Waals surface area contributed by atoms with Crippen LogP contribution in [0.15, 0.2) is 36.4 Å². The third kappa shape index (κ3) is 8.51. The fourth-order valence-electron chi connectivity index (χ4n) is 4.49. The van der Waals surface area contributed by atoms with Crippen LogP contribution in [0, 0.1) is 5.92 Å². The minimum Gasteiger partial charge on any atom is -0.463 e. The number of hydrogen-bond donors (Lipinski definition) is 3. The van der Waals surface area contributed by atoms with Gasteiger partial charge in [-0.25, -0.2) is 0 Å². The molecule has 5 atom stereocenters. The van der Waals surface area contributed by atoms with Gasteiger partial charge in [-0.15, -0.1) is 11.6 Å². The van der Waals surface area contributed by atoms with E-state index in [1.54, 1.807) is 0 Å². The molecule has 32 heavy (non-hydrogen) atoms. The zero-order valence-electron chi connectivity index (χ0n) is 19.2. The molecular formula is C26H39ClO5. The Morgan fingerprint density at radius 2 is 1.97 bits per heavy atom. The lowest BCUT2D eigenvalue weighted by Crippen LogP contribution is -2.18. The molecule has 1 fully saturated rings. The summed E-state index contributed by atoms with van der Waals surface area (Å²) in [5.74, 6) is -0.175. The van der Waals surface area contributed by atoms with Gasteiger partial charge in [-0.2, -0.15) is 0 Å². The number of ether oxygens (including phenoxy) is 1. The number of alkyl halides is 1. The molecular weight excluding hydrogens is 428 g/mol. The number of hydrogen-bond acceptors (Lipinski definition) is 5. The number of aliphatic hydroxyl groups excluding tert-OH is 3. The van der Waals surface area contributed by atoms with E-state index in [1.807, 2.05) is 24.3 Å². The Bertz CT molecular complexity index is 690. The number of unbranched alkanes of at least 4 members (excludes halogenated alkanes) is 3. The monoisotopic (exact) mass is 466 g/mol. The van der Waals surface area contributed by atoms with Crippen molar-refractivity contribution < 1.29 is 24.9 Å². The Morgan fingerprint density at radius 3 is 2.66 bits per heavy atom. The van der Waals surface area contributed by atoms with Crippen LogP contribution in [-0.4, -0.2) is 46.0 Å². The predicted octanol–water partition coefficient (Wildman–Crippen LogP) is 5.02. The van der Waals surface area contributed by atoms with Gasteiger partial charge < -0.3 is 20.1 Å². The lowest BCUT2D eigenvalue weighted by molar-refractivity contribution is -0.144. The molecule has 0 radical (unpaired) electrons. The average Bonchev–Trinajstić information content (AvgIpc) is 3.07. The molecule has 3 N–H and O–H groups in total. The summed E-state index contributed by atoms with van der Waals surface area (Å²) >= 11 is 6.59. The van der Waals surface area contributed by atoms with Crippen LogP contribution in [0.4, 0.5) is 0 Å². The Balaban J connectivity index is 1.88. The molecule has 1 aromatic rings. The topological polar surface area (TPSA) is 87.0 Å². The van der Waals surface area contributed by atoms with E-state index in [9.17, 15) is 15.0 Å². The fourth-order valence-corrected chi connectivity index (χ4v) is 4.93. The van der Waals surface area contributed by atoms with Crippen molar-refractivity contribution in [2.75, 3.05) is 13.2 Å². The number of rotatable bonds is 14. The van der Waals surface area contributed by atoms with Crippen LogP contribution in [0.25, 0.3) is 0 Å². The van der Waals surface area contributed by atoms with Crippen LogP contribution >= 0.6 is 11.6 Å². The molecule has 5 nitrogen and oxygen atoms in total. The summed E-state index contributed by atoms with van der Waals surface area (Å²) in [6, 6.07) is 8.00. The smallest absolute Gasteiger partial charge is 0.305 e. The molecule has 0 aliphatic heterocycles. The minimum atomic E-state index is -0.475. The van der Waals surface area contributed by atoms with Gasteiger partial charge in [0.1, 0.15) is 6.61 Å². The maximum Gasteiger partial charge on any atom is 0.305 e. The highest BCUT2D eigenvalue weighted by molar-refractivity contribution is 6.21. The zero-order valence-corrected chi connectivity index (χ0v) is 19.9. The summed E-state index contributed by atoms with van der Waals surface area (Å²) < 4.78 is 4.84. The molecule has 0 spiro atoms. The van der Waals surface area contributed by atoms with Crippen molar-refractivity contribution in [3.63, 3.8) is 0 Å². The molecule has 0 unspecified atom stereocenters. The van der Waals surface area contributed by atoms with Crippen LogP contribution in [0.1, 0.15) is 87.9 Å². The second-order valence-electron chi connectivity index (χ2n) is 8.73. The quantitative estimate of drug-likeness (QED) is 0.155. The first-order chi connectivity index (χ1) is 15.5.